The van der Waals surface area contributed by atoms with Crippen molar-refractivity contribution in [2.45, 2.75) is 70.8 Å². The average molecular weight is 715 g/mol. The second kappa shape index (κ2) is 21.9. The van der Waals surface area contributed by atoms with Crippen LogP contribution in [0.1, 0.15) is 85.4 Å². The predicted molar refractivity (Wildman–Crippen MR) is 189 cm³/mol. The Morgan fingerprint density at radius 2 is 1.06 bits per heavy atom. The molecule has 12 heteroatoms. The Labute approximate surface area is 302 Å². The third-order valence-electron chi connectivity index (χ3n) is 7.32. The number of esters is 6. The molecule has 0 N–H and O–H groups in total. The summed E-state index contributed by atoms with van der Waals surface area (Å²) in [6.45, 7) is 9.01. The zero-order chi connectivity index (χ0) is 37.7. The lowest BCUT2D eigenvalue weighted by Crippen LogP contribution is -2.30. The van der Waals surface area contributed by atoms with E-state index < -0.39 is 41.9 Å². The lowest BCUT2D eigenvalue weighted by Gasteiger charge is -2.16. The largest absolute Gasteiger partial charge is 0.463 e. The molecule has 1 atom stereocenters. The number of benzene rings is 3. The Kier molecular flexibility index (Phi) is 17.0. The zero-order valence-corrected chi connectivity index (χ0v) is 29.0. The highest BCUT2D eigenvalue weighted by molar-refractivity contribution is 5.92. The summed E-state index contributed by atoms with van der Waals surface area (Å²) >= 11 is 0. The van der Waals surface area contributed by atoms with Crippen LogP contribution in [0.15, 0.2) is 98.1 Å². The first kappa shape index (κ1) is 40.4. The fourth-order valence-corrected chi connectivity index (χ4v) is 4.54. The molecule has 0 aliphatic rings. The van der Waals surface area contributed by atoms with Crippen molar-refractivity contribution in [2.24, 2.45) is 0 Å². The highest BCUT2D eigenvalue weighted by atomic mass is 16.6. The predicted octanol–water partition coefficient (Wildman–Crippen LogP) is 7.29. The Balaban J connectivity index is 1.43. The molecule has 3 rings (SSSR count). The van der Waals surface area contributed by atoms with Crippen LogP contribution in [0.4, 0.5) is 0 Å². The van der Waals surface area contributed by atoms with Crippen LogP contribution in [0.5, 0.6) is 23.0 Å². The molecule has 0 fully saturated rings. The number of carbonyl (C=O) groups excluding carboxylic acids is 6. The maximum absolute atomic E-state index is 12.7. The monoisotopic (exact) mass is 714 g/mol. The van der Waals surface area contributed by atoms with Gasteiger partial charge in [0.2, 0.25) is 0 Å². The molecule has 52 heavy (non-hydrogen) atoms. The second-order valence-electron chi connectivity index (χ2n) is 11.4. The SMILES string of the molecule is C=CC(=O)OCCCCCCC(=O)Oc1ccc(C(=O)Oc2ccc(OC(=O)c3ccc(OC(=O)C(CCCCC)OC(=O)C=C)cc3)cc2)cc1. The molecule has 274 valence electrons. The maximum atomic E-state index is 12.7. The van der Waals surface area contributed by atoms with Gasteiger partial charge in [-0.1, -0.05) is 45.8 Å². The van der Waals surface area contributed by atoms with Gasteiger partial charge in [-0.25, -0.2) is 24.0 Å². The van der Waals surface area contributed by atoms with Crippen LogP contribution in [0.3, 0.4) is 0 Å². The van der Waals surface area contributed by atoms with Gasteiger partial charge in [-0.3, -0.25) is 4.79 Å². The van der Waals surface area contributed by atoms with Crippen molar-refractivity contribution in [3.8, 4) is 23.0 Å². The summed E-state index contributed by atoms with van der Waals surface area (Å²) < 4.78 is 31.5. The summed E-state index contributed by atoms with van der Waals surface area (Å²) in [7, 11) is 0. The van der Waals surface area contributed by atoms with Crippen LogP contribution in [-0.4, -0.2) is 48.5 Å². The summed E-state index contributed by atoms with van der Waals surface area (Å²) in [6.07, 6.45) is 6.91. The number of hydrogen-bond acceptors (Lipinski definition) is 12. The highest BCUT2D eigenvalue weighted by Gasteiger charge is 2.24. The molecule has 3 aromatic rings. The number of ether oxygens (including phenoxy) is 6. The van der Waals surface area contributed by atoms with Crippen LogP contribution in [0.2, 0.25) is 0 Å². The standard InChI is InChI=1S/C40H42O12/c1-4-7-10-13-34(52-36(42)6-3)40(46)51-31-21-17-29(18-22-31)39(45)50-33-25-23-32(24-26-33)49-38(44)28-15-19-30(20-16-28)48-37(43)14-11-8-9-12-27-47-35(41)5-2/h5-6,15-26,34H,2-4,7-14,27H2,1H3. The van der Waals surface area contributed by atoms with Gasteiger partial charge in [0.1, 0.15) is 23.0 Å². The van der Waals surface area contributed by atoms with Gasteiger partial charge in [0, 0.05) is 18.6 Å². The van der Waals surface area contributed by atoms with E-state index in [4.69, 9.17) is 28.4 Å². The highest BCUT2D eigenvalue weighted by Crippen LogP contribution is 2.22. The Hall–Kier alpha value is -6.04. The molecule has 0 amide bonds. The minimum Gasteiger partial charge on any atom is -0.463 e. The number of unbranched alkanes of at least 4 members (excludes halogenated alkanes) is 5. The van der Waals surface area contributed by atoms with E-state index in [-0.39, 0.29) is 40.5 Å². The van der Waals surface area contributed by atoms with E-state index in [9.17, 15) is 28.8 Å². The molecule has 1 unspecified atom stereocenters. The first-order valence-corrected chi connectivity index (χ1v) is 16.9. The Morgan fingerprint density at radius 1 is 0.577 bits per heavy atom. The van der Waals surface area contributed by atoms with Gasteiger partial charge in [-0.2, -0.15) is 0 Å². The van der Waals surface area contributed by atoms with Crippen molar-refractivity contribution in [3.63, 3.8) is 0 Å². The lowest BCUT2D eigenvalue weighted by atomic mass is 10.1. The van der Waals surface area contributed by atoms with Gasteiger partial charge in [-0.05, 0) is 98.5 Å². The molecule has 0 saturated heterocycles. The third-order valence-corrected chi connectivity index (χ3v) is 7.32. The molecule has 0 aliphatic carbocycles. The fourth-order valence-electron chi connectivity index (χ4n) is 4.54. The third kappa shape index (κ3) is 14.4. The quantitative estimate of drug-likeness (QED) is 0.0470. The van der Waals surface area contributed by atoms with Crippen LogP contribution in [0, 0.1) is 0 Å². The van der Waals surface area contributed by atoms with Crippen LogP contribution < -0.4 is 18.9 Å². The molecular formula is C40H42O12. The molecule has 0 spiro atoms. The minimum atomic E-state index is -1.08. The van der Waals surface area contributed by atoms with Crippen molar-refractivity contribution in [2.75, 3.05) is 6.61 Å². The van der Waals surface area contributed by atoms with E-state index in [1.54, 1.807) is 0 Å². The molecule has 0 aliphatic heterocycles. The zero-order valence-electron chi connectivity index (χ0n) is 29.0. The Morgan fingerprint density at radius 3 is 1.58 bits per heavy atom. The summed E-state index contributed by atoms with van der Waals surface area (Å²) in [5.74, 6) is -2.79. The second-order valence-corrected chi connectivity index (χ2v) is 11.4. The summed E-state index contributed by atoms with van der Waals surface area (Å²) in [6, 6.07) is 17.5. The topological polar surface area (TPSA) is 158 Å². The van der Waals surface area contributed by atoms with Gasteiger partial charge < -0.3 is 28.4 Å². The number of carbonyl (C=O) groups is 6. The molecule has 0 aromatic heterocycles. The lowest BCUT2D eigenvalue weighted by molar-refractivity contribution is -0.159. The van der Waals surface area contributed by atoms with Crippen molar-refractivity contribution >= 4 is 35.8 Å². The summed E-state index contributed by atoms with van der Waals surface area (Å²) in [5.41, 5.74) is 0.411. The van der Waals surface area contributed by atoms with Gasteiger partial charge >= 0.3 is 35.8 Å². The molecule has 0 heterocycles. The molecular weight excluding hydrogens is 672 g/mol. The Bertz CT molecular complexity index is 1670. The van der Waals surface area contributed by atoms with Crippen LogP contribution >= 0.6 is 0 Å². The number of rotatable bonds is 21. The minimum absolute atomic E-state index is 0.156. The molecule has 0 saturated carbocycles. The van der Waals surface area contributed by atoms with E-state index in [2.05, 4.69) is 13.2 Å². The van der Waals surface area contributed by atoms with Crippen LogP contribution in [0.25, 0.3) is 0 Å². The van der Waals surface area contributed by atoms with Crippen molar-refractivity contribution in [1.29, 1.82) is 0 Å². The number of hydrogen-bond donors (Lipinski definition) is 0. The van der Waals surface area contributed by atoms with Crippen molar-refractivity contribution < 1.29 is 57.2 Å². The van der Waals surface area contributed by atoms with E-state index >= 15 is 0 Å². The first-order chi connectivity index (χ1) is 25.1. The van der Waals surface area contributed by atoms with Crippen molar-refractivity contribution in [3.05, 3.63) is 109 Å². The fraction of sp³-hybridized carbons (Fsp3) is 0.300. The van der Waals surface area contributed by atoms with Gasteiger partial charge in [0.15, 0.2) is 6.10 Å². The smallest absolute Gasteiger partial charge is 0.352 e. The van der Waals surface area contributed by atoms with Crippen LogP contribution in [-0.2, 0) is 28.7 Å². The average Bonchev–Trinajstić information content (AvgIpc) is 3.15. The maximum Gasteiger partial charge on any atom is 0.352 e. The van der Waals surface area contributed by atoms with Gasteiger partial charge in [0.05, 0.1) is 17.7 Å². The van der Waals surface area contributed by atoms with E-state index in [1.165, 1.54) is 72.8 Å². The van der Waals surface area contributed by atoms with E-state index in [0.29, 0.717) is 32.3 Å². The van der Waals surface area contributed by atoms with E-state index in [1.807, 2.05) is 6.92 Å². The van der Waals surface area contributed by atoms with Crippen molar-refractivity contribution in [1.82, 2.24) is 0 Å². The summed E-state index contributed by atoms with van der Waals surface area (Å²) in [5, 5.41) is 0. The van der Waals surface area contributed by atoms with Gasteiger partial charge in [-0.15, -0.1) is 0 Å². The van der Waals surface area contributed by atoms with Gasteiger partial charge in [0.25, 0.3) is 0 Å². The molecule has 3 aromatic carbocycles. The molecule has 0 radical (unpaired) electrons. The summed E-state index contributed by atoms with van der Waals surface area (Å²) in [4.78, 5) is 72.8. The molecule has 12 nitrogen and oxygen atoms in total. The molecule has 0 bridgehead atoms. The first-order valence-electron chi connectivity index (χ1n) is 16.9. The normalized spacial score (nSPS) is 10.9. The van der Waals surface area contributed by atoms with E-state index in [0.717, 1.165) is 37.8 Å².